The predicted octanol–water partition coefficient (Wildman–Crippen LogP) is 1.47. The largest absolute Gasteiger partial charge is 0.337 e. The lowest BCUT2D eigenvalue weighted by molar-refractivity contribution is 0.218. The Kier molecular flexibility index (Phi) is 5.01. The van der Waals surface area contributed by atoms with E-state index < -0.39 is 0 Å². The fourth-order valence-electron chi connectivity index (χ4n) is 1.11. The van der Waals surface area contributed by atoms with Crippen LogP contribution >= 0.6 is 11.8 Å². The number of nitrogens with zero attached hydrogens (tertiary/aromatic N) is 3. The number of H-pyrrole nitrogens is 1. The molecule has 0 radical (unpaired) electrons. The first-order valence-electron chi connectivity index (χ1n) is 5.81. The average Bonchev–Trinajstić information content (AvgIpc) is 2.72. The normalized spacial score (nSPS) is 11.4. The summed E-state index contributed by atoms with van der Waals surface area (Å²) in [5.74, 6) is 1.57. The van der Waals surface area contributed by atoms with Crippen LogP contribution in [0.5, 0.6) is 0 Å². The van der Waals surface area contributed by atoms with Gasteiger partial charge in [0, 0.05) is 31.8 Å². The number of aromatic nitrogens is 3. The minimum absolute atomic E-state index is 0.0472. The summed E-state index contributed by atoms with van der Waals surface area (Å²) < 4.78 is 0. The first-order valence-corrected chi connectivity index (χ1v) is 6.80. The highest BCUT2D eigenvalue weighted by atomic mass is 32.2. The number of nitrogens with one attached hydrogen (secondary N) is 2. The van der Waals surface area contributed by atoms with Gasteiger partial charge in [-0.05, 0) is 0 Å². The Labute approximate surface area is 112 Å². The Morgan fingerprint density at radius 1 is 1.44 bits per heavy atom. The number of hydrogen-bond donors (Lipinski definition) is 2. The summed E-state index contributed by atoms with van der Waals surface area (Å²) in [6.45, 7) is 6.82. The highest BCUT2D eigenvalue weighted by molar-refractivity contribution is 7.99. The molecule has 2 amide bonds. The van der Waals surface area contributed by atoms with E-state index in [1.807, 2.05) is 0 Å². The quantitative estimate of drug-likeness (QED) is 0.642. The molecule has 18 heavy (non-hydrogen) atoms. The van der Waals surface area contributed by atoms with Crippen molar-refractivity contribution in [1.82, 2.24) is 25.4 Å². The van der Waals surface area contributed by atoms with Crippen LogP contribution in [-0.2, 0) is 5.41 Å². The van der Waals surface area contributed by atoms with Crippen molar-refractivity contribution in [3.8, 4) is 0 Å². The van der Waals surface area contributed by atoms with E-state index in [0.717, 1.165) is 16.7 Å². The van der Waals surface area contributed by atoms with Gasteiger partial charge >= 0.3 is 6.03 Å². The van der Waals surface area contributed by atoms with Crippen molar-refractivity contribution in [3.05, 3.63) is 5.82 Å². The summed E-state index contributed by atoms with van der Waals surface area (Å²) in [6.07, 6.45) is 0. The number of amides is 2. The van der Waals surface area contributed by atoms with Gasteiger partial charge in [0.1, 0.15) is 0 Å². The van der Waals surface area contributed by atoms with Crippen molar-refractivity contribution in [3.63, 3.8) is 0 Å². The van der Waals surface area contributed by atoms with Crippen LogP contribution in [0.15, 0.2) is 5.16 Å². The van der Waals surface area contributed by atoms with Crippen LogP contribution in [0, 0.1) is 0 Å². The first-order chi connectivity index (χ1) is 8.30. The molecule has 1 aromatic heterocycles. The summed E-state index contributed by atoms with van der Waals surface area (Å²) in [6, 6.07) is -0.0800. The van der Waals surface area contributed by atoms with Gasteiger partial charge in [0.05, 0.1) is 0 Å². The molecule has 0 atom stereocenters. The molecule has 1 heterocycles. The van der Waals surface area contributed by atoms with Crippen LogP contribution in [0.2, 0.25) is 0 Å². The molecule has 2 N–H and O–H groups in total. The number of aromatic amines is 1. The topological polar surface area (TPSA) is 73.9 Å². The van der Waals surface area contributed by atoms with Gasteiger partial charge in [-0.15, -0.1) is 0 Å². The number of carbonyl (C=O) groups excluding carboxylic acids is 1. The number of hydrogen-bond acceptors (Lipinski definition) is 4. The van der Waals surface area contributed by atoms with Crippen molar-refractivity contribution < 1.29 is 4.79 Å². The molecule has 0 saturated carbocycles. The van der Waals surface area contributed by atoms with E-state index in [2.05, 4.69) is 41.3 Å². The van der Waals surface area contributed by atoms with Crippen LogP contribution in [0.25, 0.3) is 0 Å². The predicted molar refractivity (Wildman–Crippen MR) is 72.9 cm³/mol. The van der Waals surface area contributed by atoms with Crippen LogP contribution in [-0.4, -0.2) is 52.5 Å². The lowest BCUT2D eigenvalue weighted by atomic mass is 9.96. The van der Waals surface area contributed by atoms with Gasteiger partial charge in [-0.1, -0.05) is 32.5 Å². The number of carbonyl (C=O) groups is 1. The summed E-state index contributed by atoms with van der Waals surface area (Å²) in [5.41, 5.74) is -0.0472. The highest BCUT2D eigenvalue weighted by Gasteiger charge is 2.19. The molecule has 0 aliphatic rings. The highest BCUT2D eigenvalue weighted by Crippen LogP contribution is 2.20. The minimum Gasteiger partial charge on any atom is -0.337 e. The molecule has 0 bridgehead atoms. The third kappa shape index (κ3) is 4.56. The van der Waals surface area contributed by atoms with Crippen molar-refractivity contribution in [2.24, 2.45) is 0 Å². The molecule has 7 heteroatoms. The standard InChI is InChI=1S/C11H21N5OS/c1-11(2,3)8-13-9(15-14-8)18-7-6-12-10(17)16(4)5/h6-7H2,1-5H3,(H,12,17)(H,13,14,15). The summed E-state index contributed by atoms with van der Waals surface area (Å²) in [4.78, 5) is 17.2. The Bertz CT molecular complexity index is 396. The summed E-state index contributed by atoms with van der Waals surface area (Å²) in [7, 11) is 3.43. The molecule has 1 aromatic rings. The van der Waals surface area contributed by atoms with E-state index in [0.29, 0.717) is 6.54 Å². The minimum atomic E-state index is -0.0800. The van der Waals surface area contributed by atoms with Gasteiger partial charge in [-0.2, -0.15) is 5.10 Å². The van der Waals surface area contributed by atoms with Gasteiger partial charge in [-0.3, -0.25) is 5.10 Å². The van der Waals surface area contributed by atoms with E-state index in [1.54, 1.807) is 25.9 Å². The smallest absolute Gasteiger partial charge is 0.316 e. The maximum atomic E-state index is 11.3. The fourth-order valence-corrected chi connectivity index (χ4v) is 1.77. The zero-order chi connectivity index (χ0) is 13.8. The fraction of sp³-hybridized carbons (Fsp3) is 0.727. The van der Waals surface area contributed by atoms with Crippen LogP contribution in [0.1, 0.15) is 26.6 Å². The van der Waals surface area contributed by atoms with Crippen LogP contribution in [0.3, 0.4) is 0 Å². The molecule has 0 aliphatic heterocycles. The number of thioether (sulfide) groups is 1. The van der Waals surface area contributed by atoms with E-state index in [9.17, 15) is 4.79 Å². The lowest BCUT2D eigenvalue weighted by Crippen LogP contribution is -2.35. The summed E-state index contributed by atoms with van der Waals surface area (Å²) >= 11 is 1.55. The Balaban J connectivity index is 2.32. The van der Waals surface area contributed by atoms with Crippen LogP contribution in [0.4, 0.5) is 4.79 Å². The Hall–Kier alpha value is -1.24. The zero-order valence-electron chi connectivity index (χ0n) is 11.6. The van der Waals surface area contributed by atoms with Crippen LogP contribution < -0.4 is 5.32 Å². The SMILES string of the molecule is CN(C)C(=O)NCCSc1nc(C(C)(C)C)n[nH]1. The van der Waals surface area contributed by atoms with Gasteiger partial charge in [-0.25, -0.2) is 9.78 Å². The number of urea groups is 1. The molecule has 0 spiro atoms. The van der Waals surface area contributed by atoms with Gasteiger partial charge < -0.3 is 10.2 Å². The molecule has 0 fully saturated rings. The zero-order valence-corrected chi connectivity index (χ0v) is 12.4. The maximum absolute atomic E-state index is 11.3. The second-order valence-corrected chi connectivity index (χ2v) is 6.27. The number of rotatable bonds is 4. The molecule has 0 aliphatic carbocycles. The third-order valence-electron chi connectivity index (χ3n) is 2.16. The molecule has 0 aromatic carbocycles. The molecule has 0 unspecified atom stereocenters. The van der Waals surface area contributed by atoms with Crippen molar-refractivity contribution >= 4 is 17.8 Å². The summed E-state index contributed by atoms with van der Waals surface area (Å²) in [5, 5.41) is 10.7. The second kappa shape index (κ2) is 6.08. The third-order valence-corrected chi connectivity index (χ3v) is 3.02. The second-order valence-electron chi connectivity index (χ2n) is 5.19. The van der Waals surface area contributed by atoms with E-state index >= 15 is 0 Å². The first kappa shape index (κ1) is 14.8. The van der Waals surface area contributed by atoms with E-state index in [-0.39, 0.29) is 11.4 Å². The van der Waals surface area contributed by atoms with Gasteiger partial charge in [0.25, 0.3) is 0 Å². The maximum Gasteiger partial charge on any atom is 0.316 e. The molecular weight excluding hydrogens is 250 g/mol. The Morgan fingerprint density at radius 3 is 2.61 bits per heavy atom. The average molecular weight is 271 g/mol. The van der Waals surface area contributed by atoms with Crippen molar-refractivity contribution in [1.29, 1.82) is 0 Å². The molecule has 0 saturated heterocycles. The van der Waals surface area contributed by atoms with E-state index in [1.165, 1.54) is 4.90 Å². The monoisotopic (exact) mass is 271 g/mol. The van der Waals surface area contributed by atoms with Crippen molar-refractivity contribution in [2.75, 3.05) is 26.4 Å². The molecule has 102 valence electrons. The van der Waals surface area contributed by atoms with Crippen molar-refractivity contribution in [2.45, 2.75) is 31.3 Å². The van der Waals surface area contributed by atoms with E-state index in [4.69, 9.17) is 0 Å². The lowest BCUT2D eigenvalue weighted by Gasteiger charge is -2.12. The van der Waals surface area contributed by atoms with Gasteiger partial charge in [0.2, 0.25) is 0 Å². The van der Waals surface area contributed by atoms with Gasteiger partial charge in [0.15, 0.2) is 11.0 Å². The molecule has 1 rings (SSSR count). The molecule has 6 nitrogen and oxygen atoms in total. The molecular formula is C11H21N5OS. The Morgan fingerprint density at radius 2 is 2.11 bits per heavy atom.